The minimum absolute atomic E-state index is 0.128. The van der Waals surface area contributed by atoms with Gasteiger partial charge in [-0.1, -0.05) is 54.1 Å². The number of amides is 1. The van der Waals surface area contributed by atoms with Crippen molar-refractivity contribution in [3.8, 4) is 0 Å². The SMILES string of the molecule is O=C(Cc1ccc(Cl)cc1)NOC(=O)CCc1ccccc1. The van der Waals surface area contributed by atoms with Crippen molar-refractivity contribution < 1.29 is 14.4 Å². The second kappa shape index (κ2) is 8.20. The summed E-state index contributed by atoms with van der Waals surface area (Å²) in [6.45, 7) is 0. The van der Waals surface area contributed by atoms with Crippen molar-refractivity contribution in [1.29, 1.82) is 0 Å². The fourth-order valence-electron chi connectivity index (χ4n) is 1.88. The van der Waals surface area contributed by atoms with Crippen LogP contribution in [0.4, 0.5) is 0 Å². The summed E-state index contributed by atoms with van der Waals surface area (Å²) in [5.74, 6) is -0.844. The van der Waals surface area contributed by atoms with E-state index in [0.29, 0.717) is 11.4 Å². The zero-order valence-corrected chi connectivity index (χ0v) is 12.7. The molecule has 4 nitrogen and oxygen atoms in total. The molecule has 2 aromatic carbocycles. The van der Waals surface area contributed by atoms with E-state index in [9.17, 15) is 9.59 Å². The standard InChI is InChI=1S/C17H16ClNO3/c18-15-9-6-14(7-10-15)12-16(20)19-22-17(21)11-8-13-4-2-1-3-5-13/h1-7,9-10H,8,11-12H2,(H,19,20). The molecular formula is C17H16ClNO3. The van der Waals surface area contributed by atoms with E-state index in [1.165, 1.54) is 0 Å². The van der Waals surface area contributed by atoms with E-state index in [4.69, 9.17) is 16.4 Å². The van der Waals surface area contributed by atoms with Crippen molar-refractivity contribution in [3.05, 3.63) is 70.7 Å². The highest BCUT2D eigenvalue weighted by atomic mass is 35.5. The molecule has 0 saturated carbocycles. The summed E-state index contributed by atoms with van der Waals surface area (Å²) >= 11 is 5.77. The molecule has 0 heterocycles. The first-order chi connectivity index (χ1) is 10.6. The molecule has 0 aliphatic rings. The highest BCUT2D eigenvalue weighted by molar-refractivity contribution is 6.30. The first kappa shape index (κ1) is 16.0. The summed E-state index contributed by atoms with van der Waals surface area (Å²) in [6, 6.07) is 16.5. The lowest BCUT2D eigenvalue weighted by molar-refractivity contribution is -0.158. The number of halogens is 1. The summed E-state index contributed by atoms with van der Waals surface area (Å²) in [4.78, 5) is 28.0. The average molecular weight is 318 g/mol. The van der Waals surface area contributed by atoms with Crippen LogP contribution in [0.3, 0.4) is 0 Å². The van der Waals surface area contributed by atoms with Crippen molar-refractivity contribution in [2.24, 2.45) is 0 Å². The molecule has 114 valence electrons. The minimum Gasteiger partial charge on any atom is -0.341 e. The number of hydroxylamine groups is 1. The number of aryl methyl sites for hydroxylation is 1. The molecule has 22 heavy (non-hydrogen) atoms. The van der Waals surface area contributed by atoms with E-state index in [0.717, 1.165) is 11.1 Å². The van der Waals surface area contributed by atoms with Crippen molar-refractivity contribution in [1.82, 2.24) is 5.48 Å². The van der Waals surface area contributed by atoms with Gasteiger partial charge < -0.3 is 4.84 Å². The quantitative estimate of drug-likeness (QED) is 0.862. The fraction of sp³-hybridized carbons (Fsp3) is 0.176. The normalized spacial score (nSPS) is 10.0. The lowest BCUT2D eigenvalue weighted by Gasteiger charge is -2.06. The summed E-state index contributed by atoms with van der Waals surface area (Å²) in [5.41, 5.74) is 4.00. The molecule has 0 fully saturated rings. The average Bonchev–Trinajstić information content (AvgIpc) is 2.54. The highest BCUT2D eigenvalue weighted by Crippen LogP contribution is 2.09. The number of benzene rings is 2. The molecule has 0 aromatic heterocycles. The van der Waals surface area contributed by atoms with Crippen LogP contribution in [-0.2, 0) is 27.3 Å². The molecule has 0 unspecified atom stereocenters. The smallest absolute Gasteiger partial charge is 0.332 e. The van der Waals surface area contributed by atoms with Crippen LogP contribution in [0.2, 0.25) is 5.02 Å². The van der Waals surface area contributed by atoms with Crippen LogP contribution in [0, 0.1) is 0 Å². The Morgan fingerprint density at radius 2 is 1.64 bits per heavy atom. The molecule has 0 aliphatic heterocycles. The summed E-state index contributed by atoms with van der Waals surface area (Å²) < 4.78 is 0. The third-order valence-electron chi connectivity index (χ3n) is 3.02. The first-order valence-electron chi connectivity index (χ1n) is 6.90. The van der Waals surface area contributed by atoms with Crippen molar-refractivity contribution in [3.63, 3.8) is 0 Å². The number of nitrogens with one attached hydrogen (secondary N) is 1. The van der Waals surface area contributed by atoms with Crippen molar-refractivity contribution in [2.75, 3.05) is 0 Å². The number of rotatable bonds is 5. The second-order valence-corrected chi connectivity index (χ2v) is 5.22. The van der Waals surface area contributed by atoms with E-state index >= 15 is 0 Å². The van der Waals surface area contributed by atoms with E-state index in [1.54, 1.807) is 24.3 Å². The van der Waals surface area contributed by atoms with Gasteiger partial charge in [0.2, 0.25) is 0 Å². The summed E-state index contributed by atoms with van der Waals surface area (Å²) in [6.07, 6.45) is 0.918. The molecule has 0 radical (unpaired) electrons. The Kier molecular flexibility index (Phi) is 5.98. The molecule has 0 spiro atoms. The second-order valence-electron chi connectivity index (χ2n) is 4.79. The number of hydrogen-bond donors (Lipinski definition) is 1. The molecule has 0 bridgehead atoms. The van der Waals surface area contributed by atoms with E-state index in [1.807, 2.05) is 30.3 Å². The topological polar surface area (TPSA) is 55.4 Å². The molecule has 0 aliphatic carbocycles. The molecule has 5 heteroatoms. The molecule has 0 atom stereocenters. The Morgan fingerprint density at radius 1 is 0.955 bits per heavy atom. The molecule has 2 aromatic rings. The number of carbonyl (C=O) groups is 2. The molecular weight excluding hydrogens is 302 g/mol. The van der Waals surface area contributed by atoms with Crippen LogP contribution in [0.25, 0.3) is 0 Å². The monoisotopic (exact) mass is 317 g/mol. The molecule has 1 amide bonds. The van der Waals surface area contributed by atoms with Crippen LogP contribution in [0.5, 0.6) is 0 Å². The lowest BCUT2D eigenvalue weighted by Crippen LogP contribution is -2.28. The maximum Gasteiger partial charge on any atom is 0.332 e. The van der Waals surface area contributed by atoms with Crippen LogP contribution >= 0.6 is 11.6 Å². The Hall–Kier alpha value is -2.33. The molecule has 0 saturated heterocycles. The van der Waals surface area contributed by atoms with Gasteiger partial charge in [-0.2, -0.15) is 5.48 Å². The molecule has 2 rings (SSSR count). The van der Waals surface area contributed by atoms with Crippen LogP contribution in [0.1, 0.15) is 17.5 Å². The Labute approximate surface area is 134 Å². The third-order valence-corrected chi connectivity index (χ3v) is 3.27. The minimum atomic E-state index is -0.465. The Balaban J connectivity index is 1.69. The number of hydrogen-bond acceptors (Lipinski definition) is 3. The largest absolute Gasteiger partial charge is 0.341 e. The maximum absolute atomic E-state index is 11.7. The maximum atomic E-state index is 11.7. The predicted octanol–water partition coefficient (Wildman–Crippen LogP) is 3.09. The number of carbonyl (C=O) groups excluding carboxylic acids is 2. The molecule has 1 N–H and O–H groups in total. The summed E-state index contributed by atoms with van der Waals surface area (Å²) in [7, 11) is 0. The summed E-state index contributed by atoms with van der Waals surface area (Å²) in [5, 5.41) is 0.608. The van der Waals surface area contributed by atoms with Crippen LogP contribution in [-0.4, -0.2) is 11.9 Å². The zero-order valence-electron chi connectivity index (χ0n) is 11.9. The van der Waals surface area contributed by atoms with Crippen molar-refractivity contribution in [2.45, 2.75) is 19.3 Å². The third kappa shape index (κ3) is 5.58. The van der Waals surface area contributed by atoms with Crippen LogP contribution in [0.15, 0.2) is 54.6 Å². The van der Waals surface area contributed by atoms with E-state index in [2.05, 4.69) is 5.48 Å². The van der Waals surface area contributed by atoms with Gasteiger partial charge in [-0.3, -0.25) is 4.79 Å². The van der Waals surface area contributed by atoms with Gasteiger partial charge in [0.1, 0.15) is 0 Å². The van der Waals surface area contributed by atoms with E-state index < -0.39 is 5.97 Å². The first-order valence-corrected chi connectivity index (χ1v) is 7.28. The van der Waals surface area contributed by atoms with Gasteiger partial charge in [-0.15, -0.1) is 0 Å². The van der Waals surface area contributed by atoms with E-state index in [-0.39, 0.29) is 18.7 Å². The fourth-order valence-corrected chi connectivity index (χ4v) is 2.01. The highest BCUT2D eigenvalue weighted by Gasteiger charge is 2.08. The van der Waals surface area contributed by atoms with Gasteiger partial charge >= 0.3 is 5.97 Å². The van der Waals surface area contributed by atoms with Gasteiger partial charge in [-0.05, 0) is 29.7 Å². The van der Waals surface area contributed by atoms with Gasteiger partial charge in [-0.25, -0.2) is 4.79 Å². The van der Waals surface area contributed by atoms with Gasteiger partial charge in [0.05, 0.1) is 12.8 Å². The predicted molar refractivity (Wildman–Crippen MR) is 84.2 cm³/mol. The van der Waals surface area contributed by atoms with Gasteiger partial charge in [0.25, 0.3) is 5.91 Å². The zero-order chi connectivity index (χ0) is 15.8. The van der Waals surface area contributed by atoms with Crippen molar-refractivity contribution >= 4 is 23.5 Å². The lowest BCUT2D eigenvalue weighted by atomic mass is 10.1. The van der Waals surface area contributed by atoms with Gasteiger partial charge in [0, 0.05) is 5.02 Å². The van der Waals surface area contributed by atoms with Gasteiger partial charge in [0.15, 0.2) is 0 Å². The Bertz CT molecular complexity index is 626. The van der Waals surface area contributed by atoms with Crippen LogP contribution < -0.4 is 5.48 Å². The Morgan fingerprint density at radius 3 is 2.32 bits per heavy atom.